The van der Waals surface area contributed by atoms with Gasteiger partial charge in [-0.1, -0.05) is 25.3 Å². The van der Waals surface area contributed by atoms with Gasteiger partial charge in [-0.25, -0.2) is 5.43 Å². The number of hydrazine groups is 1. The Kier molecular flexibility index (Phi) is 5.01. The van der Waals surface area contributed by atoms with Crippen molar-refractivity contribution in [1.29, 1.82) is 0 Å². The molecule has 3 N–H and O–H groups in total. The first-order valence-corrected chi connectivity index (χ1v) is 8.02. The molecule has 2 heterocycles. The van der Waals surface area contributed by atoms with E-state index in [1.165, 1.54) is 44.2 Å². The largest absolute Gasteiger partial charge is 0.316 e. The van der Waals surface area contributed by atoms with Crippen molar-refractivity contribution in [2.45, 2.75) is 38.1 Å². The zero-order valence-corrected chi connectivity index (χ0v) is 12.1. The van der Waals surface area contributed by atoms with Gasteiger partial charge in [0, 0.05) is 31.4 Å². The summed E-state index contributed by atoms with van der Waals surface area (Å²) in [6.07, 6.45) is 10.9. The predicted octanol–water partition coefficient (Wildman–Crippen LogP) is 2.02. The summed E-state index contributed by atoms with van der Waals surface area (Å²) in [7, 11) is 0. The molecule has 0 amide bonds. The molecule has 3 rings (SSSR count). The standard InChI is InChI=1S/C16H26N4/c1-2-5-13(6-3-1)9-18-11-15-12-19-20-16(15)14-7-4-8-17-10-14/h4,7-8,10,13,15-16,18-20H,1-3,5-6,9,11-12H2. The molecule has 20 heavy (non-hydrogen) atoms. The van der Waals surface area contributed by atoms with E-state index in [-0.39, 0.29) is 0 Å². The monoisotopic (exact) mass is 274 g/mol. The second-order valence-electron chi connectivity index (χ2n) is 6.21. The minimum Gasteiger partial charge on any atom is -0.316 e. The van der Waals surface area contributed by atoms with Gasteiger partial charge < -0.3 is 5.32 Å². The number of hydrogen-bond donors (Lipinski definition) is 3. The van der Waals surface area contributed by atoms with Crippen molar-refractivity contribution in [3.8, 4) is 0 Å². The molecule has 1 aromatic rings. The fourth-order valence-corrected chi connectivity index (χ4v) is 3.51. The second kappa shape index (κ2) is 7.16. The van der Waals surface area contributed by atoms with Gasteiger partial charge in [0.15, 0.2) is 0 Å². The van der Waals surface area contributed by atoms with E-state index in [0.29, 0.717) is 12.0 Å². The van der Waals surface area contributed by atoms with Crippen LogP contribution in [-0.2, 0) is 0 Å². The number of pyridine rings is 1. The zero-order chi connectivity index (χ0) is 13.6. The third-order valence-corrected chi connectivity index (χ3v) is 4.70. The number of nitrogens with one attached hydrogen (secondary N) is 3. The van der Waals surface area contributed by atoms with E-state index in [2.05, 4.69) is 27.2 Å². The van der Waals surface area contributed by atoms with Crippen LogP contribution in [0, 0.1) is 11.8 Å². The molecular weight excluding hydrogens is 248 g/mol. The van der Waals surface area contributed by atoms with Crippen LogP contribution in [0.1, 0.15) is 43.7 Å². The highest BCUT2D eigenvalue weighted by Gasteiger charge is 2.28. The third kappa shape index (κ3) is 3.57. The molecule has 2 aliphatic rings. The van der Waals surface area contributed by atoms with E-state index in [9.17, 15) is 0 Å². The summed E-state index contributed by atoms with van der Waals surface area (Å²) < 4.78 is 0. The maximum atomic E-state index is 4.23. The van der Waals surface area contributed by atoms with Gasteiger partial charge in [0.05, 0.1) is 6.04 Å². The highest BCUT2D eigenvalue weighted by Crippen LogP contribution is 2.25. The van der Waals surface area contributed by atoms with Crippen LogP contribution < -0.4 is 16.2 Å². The average molecular weight is 274 g/mol. The molecule has 1 aliphatic carbocycles. The molecule has 2 unspecified atom stereocenters. The van der Waals surface area contributed by atoms with E-state index in [0.717, 1.165) is 19.0 Å². The van der Waals surface area contributed by atoms with Crippen molar-refractivity contribution in [3.63, 3.8) is 0 Å². The van der Waals surface area contributed by atoms with Crippen LogP contribution in [0.3, 0.4) is 0 Å². The van der Waals surface area contributed by atoms with Crippen molar-refractivity contribution in [2.24, 2.45) is 11.8 Å². The van der Waals surface area contributed by atoms with Crippen molar-refractivity contribution < 1.29 is 0 Å². The summed E-state index contributed by atoms with van der Waals surface area (Å²) in [5.41, 5.74) is 7.95. The molecule has 1 aromatic heterocycles. The van der Waals surface area contributed by atoms with Crippen LogP contribution >= 0.6 is 0 Å². The van der Waals surface area contributed by atoms with E-state index in [1.54, 1.807) is 0 Å². The Morgan fingerprint density at radius 1 is 1.20 bits per heavy atom. The molecule has 4 heteroatoms. The normalized spacial score (nSPS) is 27.8. The maximum absolute atomic E-state index is 4.23. The first-order chi connectivity index (χ1) is 9.93. The van der Waals surface area contributed by atoms with Gasteiger partial charge in [0.1, 0.15) is 0 Å². The number of nitrogens with zero attached hydrogens (tertiary/aromatic N) is 1. The van der Waals surface area contributed by atoms with Gasteiger partial charge in [-0.2, -0.15) is 0 Å². The van der Waals surface area contributed by atoms with Crippen molar-refractivity contribution in [1.82, 2.24) is 21.2 Å². The molecule has 4 nitrogen and oxygen atoms in total. The molecule has 110 valence electrons. The van der Waals surface area contributed by atoms with Crippen LogP contribution in [0.15, 0.2) is 24.5 Å². The highest BCUT2D eigenvalue weighted by atomic mass is 15.4. The summed E-state index contributed by atoms with van der Waals surface area (Å²) in [6.45, 7) is 3.30. The average Bonchev–Trinajstić information content (AvgIpc) is 2.98. The van der Waals surface area contributed by atoms with Crippen molar-refractivity contribution >= 4 is 0 Å². The Morgan fingerprint density at radius 2 is 2.10 bits per heavy atom. The number of rotatable bonds is 5. The van der Waals surface area contributed by atoms with E-state index >= 15 is 0 Å². The topological polar surface area (TPSA) is 49.0 Å². The fourth-order valence-electron chi connectivity index (χ4n) is 3.51. The molecule has 2 atom stereocenters. The molecule has 0 bridgehead atoms. The summed E-state index contributed by atoms with van der Waals surface area (Å²) in [5, 5.41) is 3.70. The van der Waals surface area contributed by atoms with Crippen LogP contribution in [0.25, 0.3) is 0 Å². The lowest BCUT2D eigenvalue weighted by Gasteiger charge is -2.24. The minimum atomic E-state index is 0.377. The van der Waals surface area contributed by atoms with Crippen LogP contribution in [0.5, 0.6) is 0 Å². The predicted molar refractivity (Wildman–Crippen MR) is 81.1 cm³/mol. The lowest BCUT2D eigenvalue weighted by atomic mass is 9.89. The molecule has 0 radical (unpaired) electrons. The SMILES string of the molecule is c1cncc(C2NNCC2CNCC2CCCCC2)c1. The third-order valence-electron chi connectivity index (χ3n) is 4.70. The Morgan fingerprint density at radius 3 is 2.90 bits per heavy atom. The van der Waals surface area contributed by atoms with E-state index in [4.69, 9.17) is 0 Å². The number of aromatic nitrogens is 1. The molecule has 1 saturated carbocycles. The second-order valence-corrected chi connectivity index (χ2v) is 6.21. The Labute approximate surface area is 121 Å². The minimum absolute atomic E-state index is 0.377. The molecule has 0 aromatic carbocycles. The molecule has 2 fully saturated rings. The fraction of sp³-hybridized carbons (Fsp3) is 0.688. The smallest absolute Gasteiger partial charge is 0.0530 e. The lowest BCUT2D eigenvalue weighted by Crippen LogP contribution is -2.32. The zero-order valence-electron chi connectivity index (χ0n) is 12.1. The van der Waals surface area contributed by atoms with Crippen LogP contribution in [-0.4, -0.2) is 24.6 Å². The van der Waals surface area contributed by atoms with Gasteiger partial charge in [0.2, 0.25) is 0 Å². The van der Waals surface area contributed by atoms with E-state index in [1.807, 2.05) is 18.5 Å². The number of hydrogen-bond acceptors (Lipinski definition) is 4. The van der Waals surface area contributed by atoms with Gasteiger partial charge >= 0.3 is 0 Å². The molecule has 1 aliphatic heterocycles. The maximum Gasteiger partial charge on any atom is 0.0530 e. The van der Waals surface area contributed by atoms with Gasteiger partial charge in [-0.15, -0.1) is 0 Å². The van der Waals surface area contributed by atoms with Gasteiger partial charge in [-0.05, 0) is 36.9 Å². The first-order valence-electron chi connectivity index (χ1n) is 8.02. The molecular formula is C16H26N4. The summed E-state index contributed by atoms with van der Waals surface area (Å²) in [6, 6.07) is 4.55. The molecule has 1 saturated heterocycles. The first kappa shape index (κ1) is 14.0. The highest BCUT2D eigenvalue weighted by molar-refractivity contribution is 5.16. The van der Waals surface area contributed by atoms with Crippen molar-refractivity contribution in [3.05, 3.63) is 30.1 Å². The quantitative estimate of drug-likeness (QED) is 0.769. The van der Waals surface area contributed by atoms with Crippen LogP contribution in [0.2, 0.25) is 0 Å². The van der Waals surface area contributed by atoms with Gasteiger partial charge in [-0.3, -0.25) is 10.4 Å². The van der Waals surface area contributed by atoms with E-state index < -0.39 is 0 Å². The summed E-state index contributed by atoms with van der Waals surface area (Å²) in [4.78, 5) is 4.23. The summed E-state index contributed by atoms with van der Waals surface area (Å²) >= 11 is 0. The lowest BCUT2D eigenvalue weighted by molar-refractivity contribution is 0.329. The van der Waals surface area contributed by atoms with Crippen LogP contribution in [0.4, 0.5) is 0 Å². The Bertz CT molecular complexity index is 389. The van der Waals surface area contributed by atoms with Crippen molar-refractivity contribution in [2.75, 3.05) is 19.6 Å². The summed E-state index contributed by atoms with van der Waals surface area (Å²) in [5.74, 6) is 1.51. The Hall–Kier alpha value is -0.970. The molecule has 0 spiro atoms. The van der Waals surface area contributed by atoms with Gasteiger partial charge in [0.25, 0.3) is 0 Å². The Balaban J connectivity index is 1.46.